The fraction of sp³-hybridized carbons (Fsp3) is 0.727. The fourth-order valence-electron chi connectivity index (χ4n) is 1.49. The fourth-order valence-corrected chi connectivity index (χ4v) is 2.52. The third-order valence-corrected chi connectivity index (χ3v) is 3.87. The number of amides is 1. The average Bonchev–Trinajstić information content (AvgIpc) is 2.40. The molecule has 6 nitrogen and oxygen atoms in total. The van der Waals surface area contributed by atoms with E-state index in [-0.39, 0.29) is 18.9 Å². The maximum Gasteiger partial charge on any atom is 0.508 e. The molecule has 1 amide bonds. The van der Waals surface area contributed by atoms with E-state index >= 15 is 0 Å². The van der Waals surface area contributed by atoms with Crippen LogP contribution in [0.5, 0.6) is 0 Å². The Hall–Kier alpha value is -0.150. The molecule has 0 spiro atoms. The molecule has 1 aliphatic rings. The highest BCUT2D eigenvalue weighted by molar-refractivity contribution is 8.22. The molecule has 0 bridgehead atoms. The van der Waals surface area contributed by atoms with Gasteiger partial charge in [0.1, 0.15) is 6.61 Å². The van der Waals surface area contributed by atoms with Crippen molar-refractivity contribution in [2.24, 2.45) is 5.92 Å². The van der Waals surface area contributed by atoms with Gasteiger partial charge in [-0.15, -0.1) is 0 Å². The molecule has 0 saturated carbocycles. The summed E-state index contributed by atoms with van der Waals surface area (Å²) < 4.78 is 13.4. The van der Waals surface area contributed by atoms with Crippen LogP contribution in [0.25, 0.3) is 0 Å². The van der Waals surface area contributed by atoms with Crippen molar-refractivity contribution in [1.82, 2.24) is 5.32 Å². The van der Waals surface area contributed by atoms with Gasteiger partial charge in [0.05, 0.1) is 12.5 Å². The van der Waals surface area contributed by atoms with Crippen LogP contribution in [0, 0.1) is 5.92 Å². The molecule has 0 radical (unpaired) electrons. The van der Waals surface area contributed by atoms with Gasteiger partial charge in [-0.25, -0.2) is 4.79 Å². The van der Waals surface area contributed by atoms with E-state index in [2.05, 4.69) is 10.1 Å². The largest absolute Gasteiger partial charge is 0.508 e. The number of hydrogen-bond acceptors (Lipinski definition) is 7. The summed E-state index contributed by atoms with van der Waals surface area (Å²) in [7, 11) is 0. The van der Waals surface area contributed by atoms with Gasteiger partial charge in [0.2, 0.25) is 14.1 Å². The lowest BCUT2D eigenvalue weighted by molar-refractivity contribution is -0.146. The number of nitrogens with one attached hydrogen (secondary N) is 1. The van der Waals surface area contributed by atoms with Gasteiger partial charge >= 0.3 is 6.16 Å². The number of hydrogen-bond donors (Lipinski definition) is 1. The molecule has 0 aliphatic carbocycles. The molecule has 126 valence electrons. The number of thioether (sulfide) groups is 1. The number of thiocarbonyl (C=S) groups is 1. The highest BCUT2D eigenvalue weighted by Crippen LogP contribution is 2.26. The van der Waals surface area contributed by atoms with E-state index in [1.807, 2.05) is 6.92 Å². The second kappa shape index (κ2) is 9.22. The number of ether oxygens (including phenoxy) is 3. The smallest absolute Gasteiger partial charge is 0.454 e. The molecule has 0 aromatic carbocycles. The SMILES string of the molecule is CCSC(=S)O[C@H]1NC(=O)[C@H]1CCOC(=O)OCC(Cl)(Cl)Cl. The normalized spacial score (nSPS) is 20.6. The quantitative estimate of drug-likeness (QED) is 0.312. The number of halogens is 3. The van der Waals surface area contributed by atoms with Gasteiger partial charge in [-0.3, -0.25) is 4.79 Å². The van der Waals surface area contributed by atoms with Crippen molar-refractivity contribution in [2.45, 2.75) is 23.4 Å². The van der Waals surface area contributed by atoms with Crippen LogP contribution in [0.15, 0.2) is 0 Å². The summed E-state index contributed by atoms with van der Waals surface area (Å²) in [6.45, 7) is 1.49. The van der Waals surface area contributed by atoms with Crippen molar-refractivity contribution in [3.63, 3.8) is 0 Å². The average molecular weight is 411 g/mol. The molecule has 0 aromatic rings. The standard InChI is InChI=1S/C11H14Cl3NO5S2/c1-2-22-10(21)20-8-6(7(16)15-8)3-4-18-9(17)19-5-11(12,13)14/h6,8H,2-5H2,1H3,(H,15,16)/t6-,8-/m1/s1. The van der Waals surface area contributed by atoms with Crippen LogP contribution in [-0.2, 0) is 19.0 Å². The van der Waals surface area contributed by atoms with E-state index in [1.54, 1.807) is 0 Å². The van der Waals surface area contributed by atoms with Crippen LogP contribution in [0.2, 0.25) is 0 Å². The molecule has 11 heteroatoms. The summed E-state index contributed by atoms with van der Waals surface area (Å²) in [6, 6.07) is 0. The van der Waals surface area contributed by atoms with Crippen molar-refractivity contribution in [3.8, 4) is 0 Å². The van der Waals surface area contributed by atoms with E-state index in [9.17, 15) is 9.59 Å². The predicted octanol–water partition coefficient (Wildman–Crippen LogP) is 3.03. The first-order valence-electron chi connectivity index (χ1n) is 6.23. The van der Waals surface area contributed by atoms with E-state index in [0.717, 1.165) is 5.75 Å². The van der Waals surface area contributed by atoms with Crippen LogP contribution < -0.4 is 5.32 Å². The van der Waals surface area contributed by atoms with Crippen LogP contribution in [0.3, 0.4) is 0 Å². The van der Waals surface area contributed by atoms with Gasteiger partial charge in [0.25, 0.3) is 0 Å². The Kier molecular flexibility index (Phi) is 8.34. The first kappa shape index (κ1) is 19.9. The maximum atomic E-state index is 11.4. The lowest BCUT2D eigenvalue weighted by Crippen LogP contribution is -2.60. The highest BCUT2D eigenvalue weighted by atomic mass is 35.6. The third-order valence-electron chi connectivity index (χ3n) is 2.47. The molecule has 22 heavy (non-hydrogen) atoms. The molecule has 1 N–H and O–H groups in total. The molecule has 0 aromatic heterocycles. The van der Waals surface area contributed by atoms with Crippen LogP contribution >= 0.6 is 58.8 Å². The summed E-state index contributed by atoms with van der Waals surface area (Å²) in [4.78, 5) is 22.7. The summed E-state index contributed by atoms with van der Waals surface area (Å²) in [5, 5.41) is 2.58. The highest BCUT2D eigenvalue weighted by Gasteiger charge is 2.41. The minimum atomic E-state index is -1.70. The summed E-state index contributed by atoms with van der Waals surface area (Å²) in [6.07, 6.45) is -1.20. The minimum Gasteiger partial charge on any atom is -0.454 e. The molecule has 2 atom stereocenters. The number of carbonyl (C=O) groups excluding carboxylic acids is 2. The van der Waals surface area contributed by atoms with E-state index in [4.69, 9.17) is 56.5 Å². The molecule has 1 aliphatic heterocycles. The lowest BCUT2D eigenvalue weighted by Gasteiger charge is -2.36. The monoisotopic (exact) mass is 409 g/mol. The van der Waals surface area contributed by atoms with Gasteiger partial charge in [0, 0.05) is 0 Å². The Morgan fingerprint density at radius 1 is 1.41 bits per heavy atom. The molecule has 0 unspecified atom stereocenters. The topological polar surface area (TPSA) is 73.9 Å². The first-order valence-corrected chi connectivity index (χ1v) is 8.75. The van der Waals surface area contributed by atoms with Crippen molar-refractivity contribution < 1.29 is 23.8 Å². The third kappa shape index (κ3) is 7.41. The van der Waals surface area contributed by atoms with Gasteiger partial charge in [-0.1, -0.05) is 53.5 Å². The summed E-state index contributed by atoms with van der Waals surface area (Å²) in [5.74, 6) is 0.159. The number of β-lactam (4-membered cyclic amide) rings is 1. The van der Waals surface area contributed by atoms with Gasteiger partial charge in [-0.05, 0) is 24.4 Å². The summed E-state index contributed by atoms with van der Waals surface area (Å²) in [5.41, 5.74) is 0. The second-order valence-corrected chi connectivity index (χ2v) is 8.51. The maximum absolute atomic E-state index is 11.4. The molecular formula is C11H14Cl3NO5S2. The van der Waals surface area contributed by atoms with Gasteiger partial charge in [-0.2, -0.15) is 0 Å². The Morgan fingerprint density at radius 2 is 2.09 bits per heavy atom. The summed E-state index contributed by atoms with van der Waals surface area (Å²) >= 11 is 22.6. The molecular weight excluding hydrogens is 397 g/mol. The van der Waals surface area contributed by atoms with Crippen molar-refractivity contribution in [3.05, 3.63) is 0 Å². The molecule has 1 heterocycles. The van der Waals surface area contributed by atoms with Gasteiger partial charge < -0.3 is 19.5 Å². The van der Waals surface area contributed by atoms with Gasteiger partial charge in [0.15, 0.2) is 6.23 Å². The Balaban J connectivity index is 2.24. The van der Waals surface area contributed by atoms with Crippen LogP contribution in [0.1, 0.15) is 13.3 Å². The van der Waals surface area contributed by atoms with E-state index in [1.165, 1.54) is 11.8 Å². The zero-order valence-corrected chi connectivity index (χ0v) is 15.4. The second-order valence-electron chi connectivity index (χ2n) is 4.13. The number of alkyl halides is 3. The first-order chi connectivity index (χ1) is 10.2. The molecule has 1 saturated heterocycles. The van der Waals surface area contributed by atoms with Crippen LogP contribution in [0.4, 0.5) is 4.79 Å². The number of rotatable bonds is 6. The minimum absolute atomic E-state index is 0.0235. The van der Waals surface area contributed by atoms with E-state index in [0.29, 0.717) is 4.38 Å². The Bertz CT molecular complexity index is 432. The Labute approximate surface area is 152 Å². The lowest BCUT2D eigenvalue weighted by atomic mass is 9.96. The van der Waals surface area contributed by atoms with Crippen molar-refractivity contribution >= 4 is 75.2 Å². The zero-order chi connectivity index (χ0) is 16.8. The predicted molar refractivity (Wildman–Crippen MR) is 89.4 cm³/mol. The number of carbonyl (C=O) groups is 2. The van der Waals surface area contributed by atoms with Crippen molar-refractivity contribution in [2.75, 3.05) is 19.0 Å². The molecule has 1 rings (SSSR count). The zero-order valence-electron chi connectivity index (χ0n) is 11.5. The molecule has 1 fully saturated rings. The Morgan fingerprint density at radius 3 is 2.64 bits per heavy atom. The van der Waals surface area contributed by atoms with Crippen LogP contribution in [-0.4, -0.2) is 45.4 Å². The van der Waals surface area contributed by atoms with E-state index < -0.39 is 28.7 Å². The van der Waals surface area contributed by atoms with Crippen molar-refractivity contribution in [1.29, 1.82) is 0 Å².